The predicted molar refractivity (Wildman–Crippen MR) is 69.8 cm³/mol. The number of benzene rings is 1. The van der Waals surface area contributed by atoms with E-state index in [1.54, 1.807) is 6.07 Å². The molecular weight excluding hydrogens is 215 g/mol. The zero-order valence-corrected chi connectivity index (χ0v) is 10.7. The largest absolute Gasteiger partial charge is 0.350 e. The zero-order valence-electron chi connectivity index (χ0n) is 10.7. The molecule has 92 valence electrons. The highest BCUT2D eigenvalue weighted by atomic mass is 19.1. The van der Waals surface area contributed by atoms with Gasteiger partial charge in [0.1, 0.15) is 5.82 Å². The summed E-state index contributed by atoms with van der Waals surface area (Å²) in [5.74, 6) is -0.155. The molecular formula is C14H19FN2. The molecule has 0 aliphatic rings. The molecule has 1 aromatic carbocycles. The summed E-state index contributed by atoms with van der Waals surface area (Å²) >= 11 is 0. The Bertz CT molecular complexity index is 514. The summed E-state index contributed by atoms with van der Waals surface area (Å²) in [6.07, 6.45) is 4.21. The van der Waals surface area contributed by atoms with Crippen molar-refractivity contribution in [3.05, 3.63) is 35.8 Å². The van der Waals surface area contributed by atoms with Crippen molar-refractivity contribution in [2.75, 3.05) is 20.6 Å². The third kappa shape index (κ3) is 2.67. The molecule has 0 spiro atoms. The number of aryl methyl sites for hydroxylation is 2. The summed E-state index contributed by atoms with van der Waals surface area (Å²) in [5.41, 5.74) is 2.34. The van der Waals surface area contributed by atoms with Crippen LogP contribution in [-0.2, 0) is 13.5 Å². The van der Waals surface area contributed by atoms with Crippen molar-refractivity contribution in [3.8, 4) is 0 Å². The first kappa shape index (κ1) is 12.1. The highest BCUT2D eigenvalue weighted by Crippen LogP contribution is 2.22. The van der Waals surface area contributed by atoms with Gasteiger partial charge in [-0.05, 0) is 57.2 Å². The van der Waals surface area contributed by atoms with Crippen molar-refractivity contribution in [1.82, 2.24) is 9.47 Å². The molecule has 0 amide bonds. The number of rotatable bonds is 4. The monoisotopic (exact) mass is 234 g/mol. The highest BCUT2D eigenvalue weighted by Gasteiger charge is 2.07. The Balaban J connectivity index is 2.24. The van der Waals surface area contributed by atoms with E-state index in [0.717, 1.165) is 30.3 Å². The van der Waals surface area contributed by atoms with Gasteiger partial charge in [0.15, 0.2) is 0 Å². The van der Waals surface area contributed by atoms with Gasteiger partial charge >= 0.3 is 0 Å². The maximum Gasteiger partial charge on any atom is 0.123 e. The Kier molecular flexibility index (Phi) is 3.48. The van der Waals surface area contributed by atoms with Gasteiger partial charge in [0.2, 0.25) is 0 Å². The van der Waals surface area contributed by atoms with E-state index in [9.17, 15) is 4.39 Å². The first-order valence-corrected chi connectivity index (χ1v) is 5.96. The molecule has 2 aromatic rings. The van der Waals surface area contributed by atoms with Gasteiger partial charge in [-0.3, -0.25) is 0 Å². The summed E-state index contributed by atoms with van der Waals surface area (Å²) in [5, 5.41) is 1.05. The molecule has 0 saturated carbocycles. The molecule has 1 heterocycles. The van der Waals surface area contributed by atoms with Crippen LogP contribution in [0.1, 0.15) is 12.0 Å². The number of halogens is 1. The maximum atomic E-state index is 13.3. The van der Waals surface area contributed by atoms with Crippen LogP contribution in [0.3, 0.4) is 0 Å². The van der Waals surface area contributed by atoms with Crippen molar-refractivity contribution < 1.29 is 4.39 Å². The van der Waals surface area contributed by atoms with Crippen LogP contribution in [0.2, 0.25) is 0 Å². The van der Waals surface area contributed by atoms with Gasteiger partial charge in [-0.1, -0.05) is 0 Å². The number of fused-ring (bicyclic) bond motifs is 1. The Morgan fingerprint density at radius 2 is 2.06 bits per heavy atom. The van der Waals surface area contributed by atoms with Crippen LogP contribution in [0.5, 0.6) is 0 Å². The van der Waals surface area contributed by atoms with E-state index in [0.29, 0.717) is 0 Å². The molecule has 0 unspecified atom stereocenters. The molecule has 0 radical (unpaired) electrons. The molecule has 2 nitrogen and oxygen atoms in total. The summed E-state index contributed by atoms with van der Waals surface area (Å²) in [6, 6.07) is 5.01. The minimum Gasteiger partial charge on any atom is -0.350 e. The van der Waals surface area contributed by atoms with Gasteiger partial charge in [0.05, 0.1) is 0 Å². The van der Waals surface area contributed by atoms with Crippen molar-refractivity contribution in [3.63, 3.8) is 0 Å². The fraction of sp³-hybridized carbons (Fsp3) is 0.429. The lowest BCUT2D eigenvalue weighted by molar-refractivity contribution is 0.400. The standard InChI is InChI=1S/C14H19FN2/c1-16(2)8-4-5-11-10-17(3)14-7-6-12(15)9-13(11)14/h6-7,9-10H,4-5,8H2,1-3H3. The number of hydrogen-bond donors (Lipinski definition) is 0. The number of nitrogens with zero attached hydrogens (tertiary/aromatic N) is 2. The molecule has 0 fully saturated rings. The summed E-state index contributed by atoms with van der Waals surface area (Å²) < 4.78 is 15.3. The fourth-order valence-electron chi connectivity index (χ4n) is 2.23. The molecule has 1 aromatic heterocycles. The van der Waals surface area contributed by atoms with Crippen molar-refractivity contribution in [2.45, 2.75) is 12.8 Å². The first-order valence-electron chi connectivity index (χ1n) is 5.96. The van der Waals surface area contributed by atoms with Crippen LogP contribution in [-0.4, -0.2) is 30.1 Å². The minimum absolute atomic E-state index is 0.155. The van der Waals surface area contributed by atoms with Gasteiger partial charge in [0, 0.05) is 24.1 Å². The molecule has 17 heavy (non-hydrogen) atoms. The maximum absolute atomic E-state index is 13.3. The second-order valence-corrected chi connectivity index (χ2v) is 4.83. The fourth-order valence-corrected chi connectivity index (χ4v) is 2.23. The smallest absolute Gasteiger partial charge is 0.123 e. The molecule has 0 aliphatic carbocycles. The van der Waals surface area contributed by atoms with Crippen LogP contribution in [0.25, 0.3) is 10.9 Å². The SMILES string of the molecule is CN(C)CCCc1cn(C)c2ccc(F)cc12. The van der Waals surface area contributed by atoms with Gasteiger partial charge in [-0.25, -0.2) is 4.39 Å². The Morgan fingerprint density at radius 3 is 2.76 bits per heavy atom. The van der Waals surface area contributed by atoms with Crippen molar-refractivity contribution in [2.24, 2.45) is 7.05 Å². The van der Waals surface area contributed by atoms with Crippen LogP contribution < -0.4 is 0 Å². The summed E-state index contributed by atoms with van der Waals surface area (Å²) in [4.78, 5) is 2.17. The molecule has 0 aliphatic heterocycles. The number of aromatic nitrogens is 1. The van der Waals surface area contributed by atoms with Gasteiger partial charge < -0.3 is 9.47 Å². The topological polar surface area (TPSA) is 8.17 Å². The third-order valence-corrected chi connectivity index (χ3v) is 3.09. The van der Waals surface area contributed by atoms with Crippen molar-refractivity contribution >= 4 is 10.9 Å². The van der Waals surface area contributed by atoms with E-state index in [-0.39, 0.29) is 5.82 Å². The lowest BCUT2D eigenvalue weighted by Crippen LogP contribution is -2.13. The molecule has 0 atom stereocenters. The summed E-state index contributed by atoms with van der Waals surface area (Å²) in [7, 11) is 6.15. The molecule has 0 saturated heterocycles. The highest BCUT2D eigenvalue weighted by molar-refractivity contribution is 5.84. The Hall–Kier alpha value is -1.35. The third-order valence-electron chi connectivity index (χ3n) is 3.09. The Labute approximate surface area is 102 Å². The predicted octanol–water partition coefficient (Wildman–Crippen LogP) is 2.81. The van der Waals surface area contributed by atoms with Crippen molar-refractivity contribution in [1.29, 1.82) is 0 Å². The summed E-state index contributed by atoms with van der Waals surface area (Å²) in [6.45, 7) is 1.06. The lowest BCUT2D eigenvalue weighted by atomic mass is 10.1. The van der Waals surface area contributed by atoms with E-state index < -0.39 is 0 Å². The average molecular weight is 234 g/mol. The quantitative estimate of drug-likeness (QED) is 0.789. The minimum atomic E-state index is -0.155. The van der Waals surface area contributed by atoms with Gasteiger partial charge in [-0.15, -0.1) is 0 Å². The van der Waals surface area contributed by atoms with Gasteiger partial charge in [-0.2, -0.15) is 0 Å². The average Bonchev–Trinajstić information content (AvgIpc) is 2.55. The van der Waals surface area contributed by atoms with E-state index in [4.69, 9.17) is 0 Å². The normalized spacial score (nSPS) is 11.6. The second-order valence-electron chi connectivity index (χ2n) is 4.83. The second kappa shape index (κ2) is 4.88. The molecule has 0 bridgehead atoms. The molecule has 3 heteroatoms. The van der Waals surface area contributed by atoms with Gasteiger partial charge in [0.25, 0.3) is 0 Å². The first-order chi connectivity index (χ1) is 8.08. The van der Waals surface area contributed by atoms with Crippen LogP contribution in [0.15, 0.2) is 24.4 Å². The van der Waals surface area contributed by atoms with Crippen LogP contribution in [0.4, 0.5) is 4.39 Å². The molecule has 2 rings (SSSR count). The van der Waals surface area contributed by atoms with E-state index in [2.05, 4.69) is 29.8 Å². The van der Waals surface area contributed by atoms with Crippen LogP contribution in [0, 0.1) is 5.82 Å². The Morgan fingerprint density at radius 1 is 1.29 bits per heavy atom. The van der Waals surface area contributed by atoms with E-state index in [1.807, 2.05) is 13.1 Å². The molecule has 0 N–H and O–H groups in total. The zero-order chi connectivity index (χ0) is 12.4. The number of hydrogen-bond acceptors (Lipinski definition) is 1. The van der Waals surface area contributed by atoms with E-state index >= 15 is 0 Å². The van der Waals surface area contributed by atoms with E-state index in [1.165, 1.54) is 11.6 Å². The lowest BCUT2D eigenvalue weighted by Gasteiger charge is -2.08. The van der Waals surface area contributed by atoms with Crippen LogP contribution >= 0.6 is 0 Å².